The molecule has 0 saturated heterocycles. The lowest BCUT2D eigenvalue weighted by molar-refractivity contribution is 0.316. The number of nitrogens with zero attached hydrogens (tertiary/aromatic N) is 1. The molecule has 0 saturated carbocycles. The highest BCUT2D eigenvalue weighted by molar-refractivity contribution is 8.00. The van der Waals surface area contributed by atoms with Gasteiger partial charge in [-0.25, -0.2) is 4.39 Å². The molecule has 3 nitrogen and oxygen atoms in total. The first-order valence-electron chi connectivity index (χ1n) is 5.04. The summed E-state index contributed by atoms with van der Waals surface area (Å²) in [5, 5.41) is 11.6. The first-order chi connectivity index (χ1) is 7.65. The number of thioether (sulfide) groups is 1. The molecule has 0 heterocycles. The minimum Gasteiger partial charge on any atom is -0.409 e. The van der Waals surface area contributed by atoms with E-state index in [0.717, 1.165) is 11.3 Å². The Morgan fingerprint density at radius 2 is 2.38 bits per heavy atom. The summed E-state index contributed by atoms with van der Waals surface area (Å²) in [5.74, 6) is -0.0422. The normalized spacial score (nSPS) is 13.8. The number of halogens is 1. The Morgan fingerprint density at radius 1 is 1.62 bits per heavy atom. The lowest BCUT2D eigenvalue weighted by Gasteiger charge is -2.13. The van der Waals surface area contributed by atoms with Crippen LogP contribution in [-0.2, 0) is 0 Å². The average Bonchev–Trinajstić information content (AvgIpc) is 2.28. The van der Waals surface area contributed by atoms with Crippen LogP contribution in [0.4, 0.5) is 4.39 Å². The molecule has 0 bridgehead atoms. The number of amidine groups is 1. The second-order valence-electron chi connectivity index (χ2n) is 3.40. The van der Waals surface area contributed by atoms with Crippen molar-refractivity contribution in [1.29, 1.82) is 0 Å². The van der Waals surface area contributed by atoms with Gasteiger partial charge in [-0.2, -0.15) is 0 Å². The van der Waals surface area contributed by atoms with E-state index in [4.69, 9.17) is 10.9 Å². The Morgan fingerprint density at radius 3 is 2.94 bits per heavy atom. The van der Waals surface area contributed by atoms with Crippen LogP contribution in [-0.4, -0.2) is 16.3 Å². The molecule has 1 rings (SSSR count). The molecule has 0 fully saturated rings. The zero-order chi connectivity index (χ0) is 12.0. The third-order valence-electron chi connectivity index (χ3n) is 2.12. The maximum Gasteiger partial charge on any atom is 0.140 e. The number of oxime groups is 1. The summed E-state index contributed by atoms with van der Waals surface area (Å²) in [6.45, 7) is 2.02. The number of benzene rings is 1. The zero-order valence-corrected chi connectivity index (χ0v) is 9.88. The lowest BCUT2D eigenvalue weighted by Crippen LogP contribution is -2.18. The van der Waals surface area contributed by atoms with E-state index >= 15 is 0 Å². The standard InChI is InChI=1S/C11H15FN2OS/c1-2-9(7-11(13)14-15)16-10-5-3-4-8(12)6-10/h3-6,9,15H,2,7H2,1H3,(H2,13,14). The van der Waals surface area contributed by atoms with Crippen LogP contribution < -0.4 is 5.73 Å². The van der Waals surface area contributed by atoms with Crippen LogP contribution in [0.1, 0.15) is 19.8 Å². The van der Waals surface area contributed by atoms with Gasteiger partial charge in [0.1, 0.15) is 11.7 Å². The van der Waals surface area contributed by atoms with Crippen molar-refractivity contribution in [3.8, 4) is 0 Å². The Kier molecular flexibility index (Phi) is 5.11. The van der Waals surface area contributed by atoms with Gasteiger partial charge in [0.2, 0.25) is 0 Å². The summed E-state index contributed by atoms with van der Waals surface area (Å²) in [4.78, 5) is 0.859. The smallest absolute Gasteiger partial charge is 0.140 e. The van der Waals surface area contributed by atoms with Gasteiger partial charge in [-0.05, 0) is 24.6 Å². The molecular weight excluding hydrogens is 227 g/mol. The molecule has 1 aromatic carbocycles. The van der Waals surface area contributed by atoms with Gasteiger partial charge in [0.05, 0.1) is 0 Å². The van der Waals surface area contributed by atoms with E-state index in [1.165, 1.54) is 23.9 Å². The second-order valence-corrected chi connectivity index (χ2v) is 4.77. The van der Waals surface area contributed by atoms with Crippen molar-refractivity contribution >= 4 is 17.6 Å². The molecule has 0 spiro atoms. The maximum absolute atomic E-state index is 12.9. The summed E-state index contributed by atoms with van der Waals surface area (Å²) in [6.07, 6.45) is 1.37. The molecular formula is C11H15FN2OS. The maximum atomic E-state index is 12.9. The predicted octanol–water partition coefficient (Wildman–Crippen LogP) is 2.83. The van der Waals surface area contributed by atoms with Crippen molar-refractivity contribution in [2.24, 2.45) is 10.9 Å². The van der Waals surface area contributed by atoms with E-state index < -0.39 is 0 Å². The molecule has 16 heavy (non-hydrogen) atoms. The Bertz CT molecular complexity index is 371. The number of nitrogens with two attached hydrogens (primary N) is 1. The van der Waals surface area contributed by atoms with Crippen LogP contribution in [0, 0.1) is 5.82 Å². The lowest BCUT2D eigenvalue weighted by atomic mass is 10.2. The molecule has 0 radical (unpaired) electrons. The fraction of sp³-hybridized carbons (Fsp3) is 0.364. The third-order valence-corrected chi connectivity index (χ3v) is 3.48. The second kappa shape index (κ2) is 6.37. The molecule has 5 heteroatoms. The topological polar surface area (TPSA) is 58.6 Å². The van der Waals surface area contributed by atoms with Crippen LogP contribution >= 0.6 is 11.8 Å². The van der Waals surface area contributed by atoms with Gasteiger partial charge in [-0.1, -0.05) is 18.1 Å². The number of hydrogen-bond donors (Lipinski definition) is 2. The minimum atomic E-state index is -0.247. The molecule has 0 aliphatic heterocycles. The highest BCUT2D eigenvalue weighted by Crippen LogP contribution is 2.27. The van der Waals surface area contributed by atoms with Gasteiger partial charge in [-0.15, -0.1) is 11.8 Å². The van der Waals surface area contributed by atoms with E-state index in [2.05, 4.69) is 5.16 Å². The molecule has 1 unspecified atom stereocenters. The predicted molar refractivity (Wildman–Crippen MR) is 64.4 cm³/mol. The van der Waals surface area contributed by atoms with Crippen LogP contribution in [0.5, 0.6) is 0 Å². The molecule has 0 amide bonds. The van der Waals surface area contributed by atoms with Crippen molar-refractivity contribution in [3.63, 3.8) is 0 Å². The Hall–Kier alpha value is -1.23. The zero-order valence-electron chi connectivity index (χ0n) is 9.06. The first kappa shape index (κ1) is 12.8. The SMILES string of the molecule is CCC(CC(N)=NO)Sc1cccc(F)c1. The van der Waals surface area contributed by atoms with Gasteiger partial charge >= 0.3 is 0 Å². The van der Waals surface area contributed by atoms with Gasteiger partial charge in [0.15, 0.2) is 0 Å². The van der Waals surface area contributed by atoms with E-state index in [-0.39, 0.29) is 16.9 Å². The highest BCUT2D eigenvalue weighted by Gasteiger charge is 2.11. The fourth-order valence-corrected chi connectivity index (χ4v) is 2.42. The van der Waals surface area contributed by atoms with Crippen LogP contribution in [0.3, 0.4) is 0 Å². The number of rotatable bonds is 5. The summed E-state index contributed by atoms with van der Waals surface area (Å²) in [6, 6.07) is 6.42. The molecule has 0 aromatic heterocycles. The quantitative estimate of drug-likeness (QED) is 0.274. The fourth-order valence-electron chi connectivity index (χ4n) is 1.28. The summed E-state index contributed by atoms with van der Waals surface area (Å²) >= 11 is 1.53. The largest absolute Gasteiger partial charge is 0.409 e. The van der Waals surface area contributed by atoms with Gasteiger partial charge in [0.25, 0.3) is 0 Å². The van der Waals surface area contributed by atoms with Gasteiger partial charge in [0, 0.05) is 16.6 Å². The van der Waals surface area contributed by atoms with Crippen LogP contribution in [0.25, 0.3) is 0 Å². The Balaban J connectivity index is 2.63. The molecule has 88 valence electrons. The minimum absolute atomic E-state index is 0.192. The van der Waals surface area contributed by atoms with Crippen LogP contribution in [0.15, 0.2) is 34.3 Å². The van der Waals surface area contributed by atoms with Crippen molar-refractivity contribution < 1.29 is 9.60 Å². The molecule has 3 N–H and O–H groups in total. The molecule has 1 atom stereocenters. The summed E-state index contributed by atoms with van der Waals surface area (Å²) in [7, 11) is 0. The molecule has 0 aliphatic carbocycles. The first-order valence-corrected chi connectivity index (χ1v) is 5.92. The highest BCUT2D eigenvalue weighted by atomic mass is 32.2. The summed E-state index contributed by atoms with van der Waals surface area (Å²) < 4.78 is 12.9. The van der Waals surface area contributed by atoms with Crippen molar-refractivity contribution in [2.45, 2.75) is 29.9 Å². The number of hydrogen-bond acceptors (Lipinski definition) is 3. The van der Waals surface area contributed by atoms with E-state index in [0.29, 0.717) is 6.42 Å². The monoisotopic (exact) mass is 242 g/mol. The summed E-state index contributed by atoms with van der Waals surface area (Å²) in [5.41, 5.74) is 5.45. The Labute approximate surface area is 98.5 Å². The van der Waals surface area contributed by atoms with Crippen molar-refractivity contribution in [3.05, 3.63) is 30.1 Å². The average molecular weight is 242 g/mol. The van der Waals surface area contributed by atoms with E-state index in [9.17, 15) is 4.39 Å². The van der Waals surface area contributed by atoms with E-state index in [1.807, 2.05) is 13.0 Å². The molecule has 0 aliphatic rings. The van der Waals surface area contributed by atoms with Gasteiger partial charge in [-0.3, -0.25) is 0 Å². The van der Waals surface area contributed by atoms with E-state index in [1.54, 1.807) is 6.07 Å². The molecule has 1 aromatic rings. The van der Waals surface area contributed by atoms with Crippen molar-refractivity contribution in [1.82, 2.24) is 0 Å². The van der Waals surface area contributed by atoms with Gasteiger partial charge < -0.3 is 10.9 Å². The van der Waals surface area contributed by atoms with Crippen LogP contribution in [0.2, 0.25) is 0 Å². The van der Waals surface area contributed by atoms with Crippen molar-refractivity contribution in [2.75, 3.05) is 0 Å². The third kappa shape index (κ3) is 4.10.